The van der Waals surface area contributed by atoms with Crippen LogP contribution in [0.15, 0.2) is 60.9 Å². The molecule has 6 nitrogen and oxygen atoms in total. The summed E-state index contributed by atoms with van der Waals surface area (Å²) in [5.74, 6) is 0.408. The molecule has 1 aliphatic rings. The Balaban J connectivity index is 1.86. The zero-order valence-corrected chi connectivity index (χ0v) is 20.6. The molecule has 0 spiro atoms. The Morgan fingerprint density at radius 1 is 1.25 bits per heavy atom. The van der Waals surface area contributed by atoms with Crippen LogP contribution in [0.2, 0.25) is 0 Å². The highest BCUT2D eigenvalue weighted by Gasteiger charge is 2.26. The van der Waals surface area contributed by atoms with E-state index in [1.807, 2.05) is 24.3 Å². The summed E-state index contributed by atoms with van der Waals surface area (Å²) in [5, 5.41) is 10.0. The van der Waals surface area contributed by atoms with Crippen molar-refractivity contribution < 1.29 is 28.5 Å². The molecule has 0 radical (unpaired) electrons. The summed E-state index contributed by atoms with van der Waals surface area (Å²) in [4.78, 5) is 16.0. The fourth-order valence-corrected chi connectivity index (χ4v) is 4.30. The van der Waals surface area contributed by atoms with Gasteiger partial charge in [-0.15, -0.1) is 0 Å². The monoisotopic (exact) mass is 491 g/mol. The minimum Gasteiger partial charge on any atom is -0.493 e. The van der Waals surface area contributed by atoms with Crippen molar-refractivity contribution in [2.45, 2.75) is 51.4 Å². The normalized spacial score (nSPS) is 17.9. The van der Waals surface area contributed by atoms with E-state index >= 15 is 0 Å². The lowest BCUT2D eigenvalue weighted by Gasteiger charge is -2.25. The third kappa shape index (κ3) is 5.91. The van der Waals surface area contributed by atoms with E-state index in [-0.39, 0.29) is 24.8 Å². The molecular formula is C29H30FNO5. The van der Waals surface area contributed by atoms with Crippen molar-refractivity contribution in [3.8, 4) is 22.6 Å². The second-order valence-electron chi connectivity index (χ2n) is 9.08. The molecule has 2 aromatic carbocycles. The van der Waals surface area contributed by atoms with Crippen molar-refractivity contribution in [2.75, 3.05) is 7.11 Å². The number of rotatable bonds is 8. The van der Waals surface area contributed by atoms with Crippen molar-refractivity contribution in [1.82, 2.24) is 4.98 Å². The molecule has 1 fully saturated rings. The van der Waals surface area contributed by atoms with Gasteiger partial charge in [0.25, 0.3) is 0 Å². The van der Waals surface area contributed by atoms with Crippen LogP contribution in [0, 0.1) is 5.82 Å². The number of ether oxygens (including phenoxy) is 3. The Labute approximate surface area is 210 Å². The number of nitrogens with zero attached hydrogens (tertiary/aromatic N) is 1. The van der Waals surface area contributed by atoms with E-state index in [1.165, 1.54) is 12.1 Å². The number of pyridine rings is 1. The van der Waals surface area contributed by atoms with Crippen molar-refractivity contribution in [2.24, 2.45) is 0 Å². The van der Waals surface area contributed by atoms with Gasteiger partial charge in [-0.05, 0) is 52.9 Å². The number of hydrogen-bond acceptors (Lipinski definition) is 6. The zero-order valence-electron chi connectivity index (χ0n) is 20.6. The lowest BCUT2D eigenvalue weighted by molar-refractivity contribution is -0.156. The first-order valence-electron chi connectivity index (χ1n) is 11.9. The van der Waals surface area contributed by atoms with Crippen LogP contribution in [-0.4, -0.2) is 35.4 Å². The summed E-state index contributed by atoms with van der Waals surface area (Å²) in [5.41, 5.74) is 4.20. The molecular weight excluding hydrogens is 461 g/mol. The third-order valence-corrected chi connectivity index (χ3v) is 6.07. The number of benzene rings is 2. The van der Waals surface area contributed by atoms with E-state index in [0.717, 1.165) is 27.8 Å². The molecule has 0 unspecified atom stereocenters. The minimum absolute atomic E-state index is 0.00270. The number of halogens is 1. The lowest BCUT2D eigenvalue weighted by Crippen LogP contribution is -2.31. The summed E-state index contributed by atoms with van der Waals surface area (Å²) in [7, 11) is 1.59. The average molecular weight is 492 g/mol. The van der Waals surface area contributed by atoms with Crippen LogP contribution in [-0.2, 0) is 16.1 Å². The number of cyclic esters (lactones) is 1. The molecule has 3 aromatic rings. The van der Waals surface area contributed by atoms with E-state index < -0.39 is 18.2 Å². The van der Waals surface area contributed by atoms with Crippen LogP contribution in [0.4, 0.5) is 4.39 Å². The number of carbonyl (C=O) groups is 1. The van der Waals surface area contributed by atoms with Gasteiger partial charge in [0.15, 0.2) is 11.5 Å². The molecule has 0 amide bonds. The Kier molecular flexibility index (Phi) is 8.00. The fraction of sp³-hybridized carbons (Fsp3) is 0.310. The summed E-state index contributed by atoms with van der Waals surface area (Å²) < 4.78 is 31.3. The van der Waals surface area contributed by atoms with E-state index in [2.05, 4.69) is 18.8 Å². The first kappa shape index (κ1) is 25.4. The van der Waals surface area contributed by atoms with Gasteiger partial charge in [0, 0.05) is 29.9 Å². The Morgan fingerprint density at radius 2 is 2.03 bits per heavy atom. The molecule has 1 N–H and O–H groups in total. The second-order valence-corrected chi connectivity index (χ2v) is 9.08. The van der Waals surface area contributed by atoms with Gasteiger partial charge in [-0.25, -0.2) is 4.39 Å². The third-order valence-electron chi connectivity index (χ3n) is 6.07. The van der Waals surface area contributed by atoms with Crippen molar-refractivity contribution >= 4 is 12.0 Å². The lowest BCUT2D eigenvalue weighted by atomic mass is 9.88. The largest absolute Gasteiger partial charge is 0.493 e. The highest BCUT2D eigenvalue weighted by Crippen LogP contribution is 2.45. The van der Waals surface area contributed by atoms with E-state index in [9.17, 15) is 14.3 Å². The van der Waals surface area contributed by atoms with Gasteiger partial charge in [0.2, 0.25) is 0 Å². The van der Waals surface area contributed by atoms with Crippen LogP contribution in [0.1, 0.15) is 49.3 Å². The Bertz CT molecular complexity index is 1220. The van der Waals surface area contributed by atoms with Crippen molar-refractivity contribution in [3.63, 3.8) is 0 Å². The van der Waals surface area contributed by atoms with Crippen LogP contribution in [0.25, 0.3) is 17.2 Å². The molecule has 2 heterocycles. The smallest absolute Gasteiger partial charge is 0.309 e. The quantitative estimate of drug-likeness (QED) is 0.409. The van der Waals surface area contributed by atoms with E-state index in [4.69, 9.17) is 14.2 Å². The number of methoxy groups -OCH3 is 1. The second kappa shape index (κ2) is 11.4. The standard InChI is InChI=1S/C29H30FNO5/c1-18(2)25-15-26(34-3)29(35-17-19-5-4-12-31-16-19)28(20-6-8-21(30)9-7-20)24(25)11-10-23-13-22(32)14-27(33)36-23/h4-12,15-16,18,22-23,32H,13-14,17H2,1-3H3/b11-10+/t22-,23-/m0/s1. The van der Waals surface area contributed by atoms with Gasteiger partial charge in [0.05, 0.1) is 19.6 Å². The highest BCUT2D eigenvalue weighted by molar-refractivity contribution is 5.85. The predicted octanol–water partition coefficient (Wildman–Crippen LogP) is 5.68. The molecule has 2 atom stereocenters. The van der Waals surface area contributed by atoms with Crippen LogP contribution in [0.5, 0.6) is 11.5 Å². The first-order chi connectivity index (χ1) is 17.4. The summed E-state index contributed by atoms with van der Waals surface area (Å²) in [6.45, 7) is 4.40. The zero-order chi connectivity index (χ0) is 25.7. The topological polar surface area (TPSA) is 77.9 Å². The number of aliphatic hydroxyl groups excluding tert-OH is 1. The highest BCUT2D eigenvalue weighted by atomic mass is 19.1. The molecule has 188 valence electrons. The van der Waals surface area contributed by atoms with Gasteiger partial charge in [0.1, 0.15) is 18.5 Å². The number of carbonyl (C=O) groups excluding carboxylic acids is 1. The SMILES string of the molecule is COc1cc(C(C)C)c(/C=C/[C@H]2C[C@H](O)CC(=O)O2)c(-c2ccc(F)cc2)c1OCc1cccnc1. The Hall–Kier alpha value is -3.71. The Morgan fingerprint density at radius 3 is 2.67 bits per heavy atom. The average Bonchev–Trinajstić information content (AvgIpc) is 2.86. The van der Waals surface area contributed by atoms with E-state index in [1.54, 1.807) is 37.7 Å². The van der Waals surface area contributed by atoms with Crippen LogP contribution < -0.4 is 9.47 Å². The summed E-state index contributed by atoms with van der Waals surface area (Å²) in [6, 6.07) is 11.9. The predicted molar refractivity (Wildman–Crippen MR) is 135 cm³/mol. The first-order valence-corrected chi connectivity index (χ1v) is 11.9. The summed E-state index contributed by atoms with van der Waals surface area (Å²) >= 11 is 0. The van der Waals surface area contributed by atoms with Crippen LogP contribution in [0.3, 0.4) is 0 Å². The molecule has 1 saturated heterocycles. The molecule has 7 heteroatoms. The number of aromatic nitrogens is 1. The number of aliphatic hydroxyl groups is 1. The van der Waals surface area contributed by atoms with Crippen molar-refractivity contribution in [3.05, 3.63) is 83.4 Å². The molecule has 1 aromatic heterocycles. The fourth-order valence-electron chi connectivity index (χ4n) is 4.30. The molecule has 1 aliphatic heterocycles. The van der Waals surface area contributed by atoms with Gasteiger partial charge in [-0.2, -0.15) is 0 Å². The summed E-state index contributed by atoms with van der Waals surface area (Å²) in [6.07, 6.45) is 6.13. The van der Waals surface area contributed by atoms with Crippen LogP contribution >= 0.6 is 0 Å². The maximum absolute atomic E-state index is 13.8. The molecule has 4 rings (SSSR count). The van der Waals surface area contributed by atoms with Gasteiger partial charge in [-0.3, -0.25) is 9.78 Å². The number of esters is 1. The maximum Gasteiger partial charge on any atom is 0.309 e. The molecule has 0 aliphatic carbocycles. The van der Waals surface area contributed by atoms with Gasteiger partial charge in [-0.1, -0.05) is 38.1 Å². The molecule has 0 bridgehead atoms. The molecule has 0 saturated carbocycles. The van der Waals surface area contributed by atoms with Gasteiger partial charge >= 0.3 is 5.97 Å². The molecule has 36 heavy (non-hydrogen) atoms. The maximum atomic E-state index is 13.8. The van der Waals surface area contributed by atoms with Crippen molar-refractivity contribution in [1.29, 1.82) is 0 Å². The van der Waals surface area contributed by atoms with E-state index in [0.29, 0.717) is 17.9 Å². The van der Waals surface area contributed by atoms with Gasteiger partial charge < -0.3 is 19.3 Å². The number of hydrogen-bond donors (Lipinski definition) is 1. The minimum atomic E-state index is -0.740.